The number of amides is 2. The van der Waals surface area contributed by atoms with Gasteiger partial charge in [0.25, 0.3) is 10.0 Å². The molecule has 0 spiro atoms. The van der Waals surface area contributed by atoms with Crippen molar-refractivity contribution in [3.63, 3.8) is 0 Å². The Labute approximate surface area is 273 Å². The monoisotopic (exact) mass is 641 g/mol. The second-order valence-electron chi connectivity index (χ2n) is 11.9. The van der Waals surface area contributed by atoms with Gasteiger partial charge in [-0.2, -0.15) is 0 Å². The normalized spacial score (nSPS) is 12.0. The molecule has 0 saturated carbocycles. The molecule has 1 N–H and O–H groups in total. The van der Waals surface area contributed by atoms with Crippen LogP contribution in [0.5, 0.6) is 5.75 Å². The molecule has 1 unspecified atom stereocenters. The summed E-state index contributed by atoms with van der Waals surface area (Å²) in [6, 6.07) is 29.4. The minimum atomic E-state index is -4.16. The van der Waals surface area contributed by atoms with Crippen molar-refractivity contribution in [3.8, 4) is 5.75 Å². The van der Waals surface area contributed by atoms with Gasteiger partial charge in [-0.05, 0) is 67.3 Å². The standard InChI is InChI=1S/C37H43N3O5S/c1-27(2)24-38-37(42)35(23-30-10-7-6-8-11-30)39(25-31-12-9-13-33(22-31)45-5)36(41)26-40(32-18-14-28(3)15-19-32)46(43,44)34-20-16-29(4)17-21-34/h6-22,27,35H,23-26H2,1-5H3,(H,38,42). The highest BCUT2D eigenvalue weighted by atomic mass is 32.2. The Balaban J connectivity index is 1.80. The van der Waals surface area contributed by atoms with Crippen molar-refractivity contribution in [1.82, 2.24) is 10.2 Å². The quantitative estimate of drug-likeness (QED) is 0.185. The molecule has 0 aliphatic rings. The first-order chi connectivity index (χ1) is 22.0. The van der Waals surface area contributed by atoms with Gasteiger partial charge in [0.15, 0.2) is 0 Å². The van der Waals surface area contributed by atoms with Gasteiger partial charge >= 0.3 is 0 Å². The van der Waals surface area contributed by atoms with Crippen LogP contribution >= 0.6 is 0 Å². The number of rotatable bonds is 14. The van der Waals surface area contributed by atoms with Crippen molar-refractivity contribution in [2.24, 2.45) is 5.92 Å². The van der Waals surface area contributed by atoms with Crippen LogP contribution in [-0.4, -0.2) is 51.4 Å². The van der Waals surface area contributed by atoms with E-state index in [-0.39, 0.29) is 29.7 Å². The number of carbonyl (C=O) groups is 2. The molecule has 4 aromatic rings. The van der Waals surface area contributed by atoms with Gasteiger partial charge in [0.1, 0.15) is 18.3 Å². The van der Waals surface area contributed by atoms with E-state index in [1.165, 1.54) is 4.90 Å². The molecular weight excluding hydrogens is 598 g/mol. The third-order valence-electron chi connectivity index (χ3n) is 7.65. The van der Waals surface area contributed by atoms with Gasteiger partial charge in [-0.15, -0.1) is 0 Å². The summed E-state index contributed by atoms with van der Waals surface area (Å²) in [6.07, 6.45) is 0.246. The highest BCUT2D eigenvalue weighted by Gasteiger charge is 2.34. The van der Waals surface area contributed by atoms with E-state index >= 15 is 0 Å². The maximum atomic E-state index is 14.6. The number of carbonyl (C=O) groups excluding carboxylic acids is 2. The second kappa shape index (κ2) is 15.6. The molecule has 1 atom stereocenters. The predicted molar refractivity (Wildman–Crippen MR) is 182 cm³/mol. The molecule has 0 aliphatic heterocycles. The van der Waals surface area contributed by atoms with Crippen molar-refractivity contribution in [3.05, 3.63) is 125 Å². The number of benzene rings is 4. The van der Waals surface area contributed by atoms with Crippen LogP contribution < -0.4 is 14.4 Å². The molecule has 0 saturated heterocycles. The number of sulfonamides is 1. The zero-order valence-corrected chi connectivity index (χ0v) is 28.0. The number of methoxy groups -OCH3 is 1. The predicted octanol–water partition coefficient (Wildman–Crippen LogP) is 5.92. The van der Waals surface area contributed by atoms with E-state index in [0.29, 0.717) is 18.0 Å². The van der Waals surface area contributed by atoms with Crippen LogP contribution in [-0.2, 0) is 32.6 Å². The van der Waals surface area contributed by atoms with E-state index in [4.69, 9.17) is 4.74 Å². The number of ether oxygens (including phenoxy) is 1. The van der Waals surface area contributed by atoms with Gasteiger partial charge in [0.2, 0.25) is 11.8 Å². The summed E-state index contributed by atoms with van der Waals surface area (Å²) < 4.78 is 34.9. The molecule has 9 heteroatoms. The van der Waals surface area contributed by atoms with E-state index < -0.39 is 28.5 Å². The average Bonchev–Trinajstić information content (AvgIpc) is 3.05. The summed E-state index contributed by atoms with van der Waals surface area (Å²) in [6.45, 7) is 7.78. The van der Waals surface area contributed by atoms with Crippen molar-refractivity contribution in [2.75, 3.05) is 24.5 Å². The number of anilines is 1. The average molecular weight is 642 g/mol. The highest BCUT2D eigenvalue weighted by Crippen LogP contribution is 2.26. The third-order valence-corrected chi connectivity index (χ3v) is 9.44. The van der Waals surface area contributed by atoms with Crippen LogP contribution in [0.15, 0.2) is 108 Å². The summed E-state index contributed by atoms with van der Waals surface area (Å²) >= 11 is 0. The first-order valence-corrected chi connectivity index (χ1v) is 16.8. The summed E-state index contributed by atoms with van der Waals surface area (Å²) in [4.78, 5) is 30.0. The fourth-order valence-electron chi connectivity index (χ4n) is 5.02. The van der Waals surface area contributed by atoms with Gasteiger partial charge in [0, 0.05) is 19.5 Å². The van der Waals surface area contributed by atoms with Crippen molar-refractivity contribution >= 4 is 27.5 Å². The van der Waals surface area contributed by atoms with Crippen molar-refractivity contribution in [2.45, 2.75) is 51.6 Å². The fourth-order valence-corrected chi connectivity index (χ4v) is 6.44. The van der Waals surface area contributed by atoms with E-state index in [0.717, 1.165) is 26.6 Å². The van der Waals surface area contributed by atoms with Crippen LogP contribution in [0, 0.1) is 19.8 Å². The lowest BCUT2D eigenvalue weighted by Crippen LogP contribution is -2.53. The molecule has 0 fully saturated rings. The minimum absolute atomic E-state index is 0.0644. The third kappa shape index (κ3) is 8.97. The molecule has 4 rings (SSSR count). The number of nitrogens with zero attached hydrogens (tertiary/aromatic N) is 2. The first kappa shape index (κ1) is 34.2. The topological polar surface area (TPSA) is 96.0 Å². The zero-order valence-electron chi connectivity index (χ0n) is 27.1. The number of aryl methyl sites for hydroxylation is 2. The van der Waals surface area contributed by atoms with Crippen LogP contribution in [0.1, 0.15) is 36.1 Å². The smallest absolute Gasteiger partial charge is 0.264 e. The molecule has 0 bridgehead atoms. The Morgan fingerprint density at radius 1 is 0.804 bits per heavy atom. The highest BCUT2D eigenvalue weighted by molar-refractivity contribution is 7.92. The van der Waals surface area contributed by atoms with Crippen LogP contribution in [0.2, 0.25) is 0 Å². The van der Waals surface area contributed by atoms with Crippen molar-refractivity contribution < 1.29 is 22.7 Å². The summed E-state index contributed by atoms with van der Waals surface area (Å²) in [7, 11) is -2.59. The van der Waals surface area contributed by atoms with Gasteiger partial charge < -0.3 is 15.0 Å². The maximum absolute atomic E-state index is 14.6. The first-order valence-electron chi connectivity index (χ1n) is 15.4. The second-order valence-corrected chi connectivity index (χ2v) is 13.7. The number of nitrogens with one attached hydrogen (secondary N) is 1. The molecule has 2 amide bonds. The van der Waals surface area contributed by atoms with E-state index in [1.54, 1.807) is 49.6 Å². The Morgan fingerprint density at radius 3 is 2.02 bits per heavy atom. The molecule has 0 heterocycles. The molecule has 0 aromatic heterocycles. The molecule has 46 heavy (non-hydrogen) atoms. The van der Waals surface area contributed by atoms with Gasteiger partial charge in [-0.3, -0.25) is 13.9 Å². The Kier molecular flexibility index (Phi) is 11.6. The lowest BCUT2D eigenvalue weighted by molar-refractivity contribution is -0.140. The summed E-state index contributed by atoms with van der Waals surface area (Å²) in [5.74, 6) is -0.0191. The molecular formula is C37H43N3O5S. The fraction of sp³-hybridized carbons (Fsp3) is 0.297. The molecule has 8 nitrogen and oxygen atoms in total. The Bertz CT molecular complexity index is 1710. The number of hydrogen-bond donors (Lipinski definition) is 1. The lowest BCUT2D eigenvalue weighted by Gasteiger charge is -2.34. The van der Waals surface area contributed by atoms with Crippen LogP contribution in [0.3, 0.4) is 0 Å². The Morgan fingerprint density at radius 2 is 1.41 bits per heavy atom. The zero-order chi connectivity index (χ0) is 33.3. The summed E-state index contributed by atoms with van der Waals surface area (Å²) in [5, 5.41) is 3.01. The number of hydrogen-bond acceptors (Lipinski definition) is 5. The van der Waals surface area contributed by atoms with E-state index in [1.807, 2.05) is 88.4 Å². The van der Waals surface area contributed by atoms with Crippen molar-refractivity contribution in [1.29, 1.82) is 0 Å². The maximum Gasteiger partial charge on any atom is 0.264 e. The Hall–Kier alpha value is -4.63. The largest absolute Gasteiger partial charge is 0.497 e. The van der Waals surface area contributed by atoms with Crippen LogP contribution in [0.25, 0.3) is 0 Å². The van der Waals surface area contributed by atoms with Gasteiger partial charge in [0.05, 0.1) is 17.7 Å². The van der Waals surface area contributed by atoms with E-state index in [2.05, 4.69) is 5.32 Å². The van der Waals surface area contributed by atoms with Gasteiger partial charge in [-0.1, -0.05) is 91.7 Å². The van der Waals surface area contributed by atoms with Crippen LogP contribution in [0.4, 0.5) is 5.69 Å². The minimum Gasteiger partial charge on any atom is -0.497 e. The van der Waals surface area contributed by atoms with Gasteiger partial charge in [-0.25, -0.2) is 8.42 Å². The van der Waals surface area contributed by atoms with E-state index in [9.17, 15) is 18.0 Å². The molecule has 4 aromatic carbocycles. The lowest BCUT2D eigenvalue weighted by atomic mass is 10.0. The molecule has 0 radical (unpaired) electrons. The molecule has 0 aliphatic carbocycles. The summed E-state index contributed by atoms with van der Waals surface area (Å²) in [5.41, 5.74) is 3.83. The SMILES string of the molecule is COc1cccc(CN(C(=O)CN(c2ccc(C)cc2)S(=O)(=O)c2ccc(C)cc2)C(Cc2ccccc2)C(=O)NCC(C)C)c1. The molecule has 242 valence electrons.